The van der Waals surface area contributed by atoms with Crippen LogP contribution in [-0.2, 0) is 17.9 Å². The molecule has 3 aromatic rings. The zero-order chi connectivity index (χ0) is 14.7. The zero-order valence-electron chi connectivity index (χ0n) is 11.3. The highest BCUT2D eigenvalue weighted by molar-refractivity contribution is 7.08. The van der Waals surface area contributed by atoms with Crippen LogP contribution in [0.15, 0.2) is 29.2 Å². The minimum absolute atomic E-state index is 0.0499. The Hall–Kier alpha value is -2.55. The maximum absolute atomic E-state index is 12.1. The van der Waals surface area contributed by atoms with E-state index in [0.29, 0.717) is 12.4 Å². The van der Waals surface area contributed by atoms with Crippen LogP contribution >= 0.6 is 11.3 Å². The Kier molecular flexibility index (Phi) is 3.73. The first kappa shape index (κ1) is 13.4. The summed E-state index contributed by atoms with van der Waals surface area (Å²) in [6.45, 7) is 0.465. The van der Waals surface area contributed by atoms with Gasteiger partial charge in [-0.05, 0) is 16.7 Å². The summed E-state index contributed by atoms with van der Waals surface area (Å²) in [5, 5.41) is 15.9. The van der Waals surface area contributed by atoms with Gasteiger partial charge in [-0.2, -0.15) is 16.1 Å². The van der Waals surface area contributed by atoms with Gasteiger partial charge in [0.05, 0.1) is 6.54 Å². The highest BCUT2D eigenvalue weighted by Gasteiger charge is 2.14. The third kappa shape index (κ3) is 3.14. The summed E-state index contributed by atoms with van der Waals surface area (Å²) in [6, 6.07) is 1.91. The van der Waals surface area contributed by atoms with Crippen LogP contribution in [0.25, 0.3) is 11.4 Å². The van der Waals surface area contributed by atoms with Crippen molar-refractivity contribution in [1.29, 1.82) is 0 Å². The summed E-state index contributed by atoms with van der Waals surface area (Å²) in [7, 11) is 1.71. The van der Waals surface area contributed by atoms with Crippen LogP contribution in [0.4, 0.5) is 0 Å². The topological polar surface area (TPSA) is 92.6 Å². The van der Waals surface area contributed by atoms with Gasteiger partial charge < -0.3 is 9.88 Å². The second-order valence-electron chi connectivity index (χ2n) is 4.44. The Morgan fingerprint density at radius 3 is 3.14 bits per heavy atom. The molecular weight excluding hydrogens is 290 g/mol. The number of aromatic nitrogens is 6. The number of carbonyl (C=O) groups is 1. The predicted molar refractivity (Wildman–Crippen MR) is 76.2 cm³/mol. The van der Waals surface area contributed by atoms with Crippen molar-refractivity contribution in [3.8, 4) is 11.4 Å². The molecule has 1 amide bonds. The van der Waals surface area contributed by atoms with Gasteiger partial charge in [-0.15, -0.1) is 10.2 Å². The van der Waals surface area contributed by atoms with E-state index in [0.717, 1.165) is 11.4 Å². The first-order chi connectivity index (χ1) is 10.2. The number of H-pyrrole nitrogens is 1. The Morgan fingerprint density at radius 2 is 2.43 bits per heavy atom. The molecule has 0 aliphatic carbocycles. The number of likely N-dealkylation sites (N-methyl/N-ethyl adjacent to an activating group) is 1. The van der Waals surface area contributed by atoms with Gasteiger partial charge in [0.25, 0.3) is 0 Å². The molecule has 3 rings (SSSR count). The van der Waals surface area contributed by atoms with Crippen molar-refractivity contribution >= 4 is 17.2 Å². The summed E-state index contributed by atoms with van der Waals surface area (Å²) in [4.78, 5) is 22.0. The maximum Gasteiger partial charge on any atom is 0.246 e. The lowest BCUT2D eigenvalue weighted by Crippen LogP contribution is -2.30. The summed E-state index contributed by atoms with van der Waals surface area (Å²) >= 11 is 1.56. The summed E-state index contributed by atoms with van der Waals surface area (Å²) in [6.07, 6.45) is 3.37. The van der Waals surface area contributed by atoms with E-state index < -0.39 is 0 Å². The average molecular weight is 303 g/mol. The third-order valence-electron chi connectivity index (χ3n) is 2.88. The number of hydrogen-bond acceptors (Lipinski definition) is 6. The number of thiophene rings is 1. The molecule has 0 bridgehead atoms. The number of carbonyl (C=O) groups excluding carboxylic acids is 1. The van der Waals surface area contributed by atoms with Crippen molar-refractivity contribution in [3.63, 3.8) is 0 Å². The second kappa shape index (κ2) is 5.83. The monoisotopic (exact) mass is 303 g/mol. The van der Waals surface area contributed by atoms with Gasteiger partial charge in [0.1, 0.15) is 12.4 Å². The molecule has 0 saturated carbocycles. The first-order valence-electron chi connectivity index (χ1n) is 6.25. The summed E-state index contributed by atoms with van der Waals surface area (Å²) in [5.41, 5.74) is 0.905. The van der Waals surface area contributed by atoms with Crippen LogP contribution in [0.2, 0.25) is 0 Å². The molecule has 3 aromatic heterocycles. The van der Waals surface area contributed by atoms with E-state index in [1.54, 1.807) is 35.7 Å². The van der Waals surface area contributed by atoms with E-state index in [4.69, 9.17) is 0 Å². The highest BCUT2D eigenvalue weighted by atomic mass is 32.1. The van der Waals surface area contributed by atoms with Gasteiger partial charge in [0.15, 0.2) is 0 Å². The lowest BCUT2D eigenvalue weighted by Gasteiger charge is -2.14. The SMILES string of the molecule is CN(Cc1ncc[nH]1)C(=O)Cn1nnc(-c2ccsc2)n1. The smallest absolute Gasteiger partial charge is 0.246 e. The standard InChI is InChI=1S/C12H13N7OS/c1-18(6-10-13-3-4-14-10)11(20)7-19-16-12(15-17-19)9-2-5-21-8-9/h2-5,8H,6-7H2,1H3,(H,13,14). The van der Waals surface area contributed by atoms with Gasteiger partial charge in [0, 0.05) is 30.4 Å². The molecule has 0 aliphatic heterocycles. The average Bonchev–Trinajstić information content (AvgIpc) is 3.20. The second-order valence-corrected chi connectivity index (χ2v) is 5.22. The van der Waals surface area contributed by atoms with E-state index in [1.165, 1.54) is 4.80 Å². The molecule has 108 valence electrons. The van der Waals surface area contributed by atoms with Crippen molar-refractivity contribution in [1.82, 2.24) is 35.1 Å². The molecule has 8 nitrogen and oxygen atoms in total. The van der Waals surface area contributed by atoms with Gasteiger partial charge >= 0.3 is 0 Å². The lowest BCUT2D eigenvalue weighted by atomic mass is 10.3. The van der Waals surface area contributed by atoms with Crippen LogP contribution in [0, 0.1) is 0 Å². The minimum Gasteiger partial charge on any atom is -0.347 e. The first-order valence-corrected chi connectivity index (χ1v) is 7.19. The fraction of sp³-hybridized carbons (Fsp3) is 0.250. The Bertz CT molecular complexity index is 704. The van der Waals surface area contributed by atoms with E-state index in [-0.39, 0.29) is 12.5 Å². The van der Waals surface area contributed by atoms with Crippen molar-refractivity contribution in [3.05, 3.63) is 35.0 Å². The van der Waals surface area contributed by atoms with Gasteiger partial charge in [-0.25, -0.2) is 4.98 Å². The number of amides is 1. The van der Waals surface area contributed by atoms with Crippen LogP contribution in [0.5, 0.6) is 0 Å². The molecule has 0 fully saturated rings. The van der Waals surface area contributed by atoms with Crippen LogP contribution in [0.3, 0.4) is 0 Å². The zero-order valence-corrected chi connectivity index (χ0v) is 12.1. The van der Waals surface area contributed by atoms with E-state index in [9.17, 15) is 4.79 Å². The quantitative estimate of drug-likeness (QED) is 0.752. The molecule has 1 N–H and O–H groups in total. The van der Waals surface area contributed by atoms with Crippen molar-refractivity contribution in [2.24, 2.45) is 0 Å². The molecule has 9 heteroatoms. The summed E-state index contributed by atoms with van der Waals surface area (Å²) < 4.78 is 0. The predicted octanol–water partition coefficient (Wildman–Crippen LogP) is 0.783. The molecule has 0 atom stereocenters. The fourth-order valence-electron chi connectivity index (χ4n) is 1.76. The number of nitrogens with zero attached hydrogens (tertiary/aromatic N) is 6. The van der Waals surface area contributed by atoms with Crippen molar-refractivity contribution < 1.29 is 4.79 Å². The molecule has 0 aromatic carbocycles. The summed E-state index contributed by atoms with van der Waals surface area (Å²) in [5.74, 6) is 1.15. The highest BCUT2D eigenvalue weighted by Crippen LogP contribution is 2.16. The normalized spacial score (nSPS) is 10.7. The Balaban J connectivity index is 1.62. The molecule has 0 aliphatic rings. The largest absolute Gasteiger partial charge is 0.347 e. The Morgan fingerprint density at radius 1 is 1.52 bits per heavy atom. The van der Waals surface area contributed by atoms with Crippen LogP contribution in [-0.4, -0.2) is 48.0 Å². The van der Waals surface area contributed by atoms with Gasteiger partial charge in [0.2, 0.25) is 11.7 Å². The Labute approximate surface area is 124 Å². The number of rotatable bonds is 5. The van der Waals surface area contributed by atoms with E-state index in [2.05, 4.69) is 25.4 Å². The molecular formula is C12H13N7OS. The van der Waals surface area contributed by atoms with Gasteiger partial charge in [-0.1, -0.05) is 0 Å². The lowest BCUT2D eigenvalue weighted by molar-refractivity contribution is -0.131. The molecule has 3 heterocycles. The minimum atomic E-state index is -0.110. The van der Waals surface area contributed by atoms with Crippen molar-refractivity contribution in [2.45, 2.75) is 13.1 Å². The van der Waals surface area contributed by atoms with Crippen molar-refractivity contribution in [2.75, 3.05) is 7.05 Å². The number of hydrogen-bond donors (Lipinski definition) is 1. The molecule has 21 heavy (non-hydrogen) atoms. The van der Waals surface area contributed by atoms with Gasteiger partial charge in [-0.3, -0.25) is 4.79 Å². The van der Waals surface area contributed by atoms with E-state index in [1.807, 2.05) is 16.8 Å². The molecule has 0 spiro atoms. The molecule has 0 radical (unpaired) electrons. The van der Waals surface area contributed by atoms with Crippen LogP contribution < -0.4 is 0 Å². The van der Waals surface area contributed by atoms with E-state index >= 15 is 0 Å². The molecule has 0 unspecified atom stereocenters. The third-order valence-corrected chi connectivity index (χ3v) is 3.56. The number of aromatic amines is 1. The van der Waals surface area contributed by atoms with Crippen LogP contribution in [0.1, 0.15) is 5.82 Å². The number of nitrogens with one attached hydrogen (secondary N) is 1. The number of tetrazole rings is 1. The number of imidazole rings is 1. The maximum atomic E-state index is 12.1. The fourth-order valence-corrected chi connectivity index (χ4v) is 2.39. The molecule has 0 saturated heterocycles.